The summed E-state index contributed by atoms with van der Waals surface area (Å²) in [5.41, 5.74) is 3.60. The molecule has 0 saturated carbocycles. The Morgan fingerprint density at radius 3 is 2.74 bits per heavy atom. The van der Waals surface area contributed by atoms with E-state index in [0.29, 0.717) is 12.1 Å². The van der Waals surface area contributed by atoms with Crippen molar-refractivity contribution in [2.75, 3.05) is 6.54 Å². The van der Waals surface area contributed by atoms with Gasteiger partial charge in [-0.25, -0.2) is 4.39 Å². The molecule has 0 saturated heterocycles. The summed E-state index contributed by atoms with van der Waals surface area (Å²) in [6, 6.07) is 5.39. The second kappa shape index (κ2) is 5.97. The van der Waals surface area contributed by atoms with Crippen LogP contribution in [-0.2, 0) is 13.6 Å². The molecule has 0 spiro atoms. The molecule has 0 aliphatic carbocycles. The fourth-order valence-electron chi connectivity index (χ4n) is 2.04. The van der Waals surface area contributed by atoms with E-state index in [0.717, 1.165) is 29.8 Å². The Bertz CT molecular complexity index is 561. The van der Waals surface area contributed by atoms with Gasteiger partial charge in [0, 0.05) is 30.4 Å². The quantitative estimate of drug-likeness (QED) is 0.838. The highest BCUT2D eigenvalue weighted by Crippen LogP contribution is 2.24. The van der Waals surface area contributed by atoms with Gasteiger partial charge in [-0.05, 0) is 31.5 Å². The van der Waals surface area contributed by atoms with Crippen LogP contribution in [0.15, 0.2) is 24.4 Å². The van der Waals surface area contributed by atoms with Crippen molar-refractivity contribution in [3.8, 4) is 11.1 Å². The first-order valence-corrected chi connectivity index (χ1v) is 6.61. The van der Waals surface area contributed by atoms with Crippen LogP contribution >= 0.6 is 0 Å². The van der Waals surface area contributed by atoms with Gasteiger partial charge in [-0.15, -0.1) is 0 Å². The SMILES string of the molecule is CCCNCc1ccc(-c2cnn(C)c2C)cc1F. The number of rotatable bonds is 5. The molecule has 0 bridgehead atoms. The minimum absolute atomic E-state index is 0.163. The molecular weight excluding hydrogens is 241 g/mol. The van der Waals surface area contributed by atoms with Gasteiger partial charge in [0.15, 0.2) is 0 Å². The minimum atomic E-state index is -0.163. The van der Waals surface area contributed by atoms with Crippen molar-refractivity contribution in [3.05, 3.63) is 41.5 Å². The molecule has 3 nitrogen and oxygen atoms in total. The zero-order valence-electron chi connectivity index (χ0n) is 11.7. The van der Waals surface area contributed by atoms with E-state index in [-0.39, 0.29) is 5.82 Å². The average molecular weight is 261 g/mol. The molecule has 1 aromatic carbocycles. The van der Waals surface area contributed by atoms with E-state index in [1.54, 1.807) is 16.9 Å². The van der Waals surface area contributed by atoms with Gasteiger partial charge in [0.25, 0.3) is 0 Å². The molecular formula is C15H20FN3. The monoisotopic (exact) mass is 261 g/mol. The van der Waals surface area contributed by atoms with Gasteiger partial charge in [-0.3, -0.25) is 4.68 Å². The molecule has 0 amide bonds. The number of nitrogens with zero attached hydrogens (tertiary/aromatic N) is 2. The van der Waals surface area contributed by atoms with Crippen LogP contribution in [0.1, 0.15) is 24.6 Å². The van der Waals surface area contributed by atoms with Gasteiger partial charge in [-0.2, -0.15) is 5.10 Å². The summed E-state index contributed by atoms with van der Waals surface area (Å²) in [5.74, 6) is -0.163. The highest BCUT2D eigenvalue weighted by Gasteiger charge is 2.09. The summed E-state index contributed by atoms with van der Waals surface area (Å²) in [7, 11) is 1.89. The third kappa shape index (κ3) is 3.01. The number of aryl methyl sites for hydroxylation is 1. The maximum absolute atomic E-state index is 14.0. The van der Waals surface area contributed by atoms with Crippen LogP contribution < -0.4 is 5.32 Å². The first kappa shape index (κ1) is 13.7. The Morgan fingerprint density at radius 2 is 2.16 bits per heavy atom. The van der Waals surface area contributed by atoms with E-state index < -0.39 is 0 Å². The van der Waals surface area contributed by atoms with Gasteiger partial charge < -0.3 is 5.32 Å². The highest BCUT2D eigenvalue weighted by molar-refractivity contribution is 5.65. The first-order valence-electron chi connectivity index (χ1n) is 6.61. The number of aromatic nitrogens is 2. The van der Waals surface area contributed by atoms with Crippen LogP contribution in [0.25, 0.3) is 11.1 Å². The summed E-state index contributed by atoms with van der Waals surface area (Å²) < 4.78 is 15.8. The number of hydrogen-bond donors (Lipinski definition) is 1. The molecule has 0 aliphatic heterocycles. The molecule has 19 heavy (non-hydrogen) atoms. The van der Waals surface area contributed by atoms with E-state index in [9.17, 15) is 4.39 Å². The molecule has 4 heteroatoms. The third-order valence-electron chi connectivity index (χ3n) is 3.34. The number of halogens is 1. The van der Waals surface area contributed by atoms with Gasteiger partial charge in [0.1, 0.15) is 5.82 Å². The van der Waals surface area contributed by atoms with Crippen LogP contribution in [0.2, 0.25) is 0 Å². The van der Waals surface area contributed by atoms with Gasteiger partial charge >= 0.3 is 0 Å². The summed E-state index contributed by atoms with van der Waals surface area (Å²) >= 11 is 0. The zero-order chi connectivity index (χ0) is 13.8. The van der Waals surface area contributed by atoms with E-state index in [4.69, 9.17) is 0 Å². The maximum Gasteiger partial charge on any atom is 0.128 e. The van der Waals surface area contributed by atoms with Crippen LogP contribution in [0.5, 0.6) is 0 Å². The second-order valence-electron chi connectivity index (χ2n) is 4.75. The minimum Gasteiger partial charge on any atom is -0.313 e. The van der Waals surface area contributed by atoms with Crippen molar-refractivity contribution in [2.24, 2.45) is 7.05 Å². The molecule has 102 valence electrons. The lowest BCUT2D eigenvalue weighted by molar-refractivity contribution is 0.587. The molecule has 2 rings (SSSR count). The molecule has 2 aromatic rings. The predicted octanol–water partition coefficient (Wildman–Crippen LogP) is 3.03. The Balaban J connectivity index is 2.21. The third-order valence-corrected chi connectivity index (χ3v) is 3.34. The average Bonchev–Trinajstić information content (AvgIpc) is 2.72. The maximum atomic E-state index is 14.0. The van der Waals surface area contributed by atoms with E-state index in [2.05, 4.69) is 17.3 Å². The number of hydrogen-bond acceptors (Lipinski definition) is 2. The fraction of sp³-hybridized carbons (Fsp3) is 0.400. The van der Waals surface area contributed by atoms with Gasteiger partial charge in [0.05, 0.1) is 6.20 Å². The van der Waals surface area contributed by atoms with Gasteiger partial charge in [-0.1, -0.05) is 19.1 Å². The van der Waals surface area contributed by atoms with Crippen molar-refractivity contribution in [1.82, 2.24) is 15.1 Å². The Morgan fingerprint density at radius 1 is 1.37 bits per heavy atom. The van der Waals surface area contributed by atoms with Gasteiger partial charge in [0.2, 0.25) is 0 Å². The van der Waals surface area contributed by atoms with Crippen LogP contribution in [0, 0.1) is 12.7 Å². The van der Waals surface area contributed by atoms with Crippen LogP contribution in [0.4, 0.5) is 4.39 Å². The molecule has 0 aliphatic rings. The normalized spacial score (nSPS) is 10.9. The topological polar surface area (TPSA) is 29.9 Å². The molecule has 1 aromatic heterocycles. The number of benzene rings is 1. The van der Waals surface area contributed by atoms with Crippen molar-refractivity contribution in [3.63, 3.8) is 0 Å². The second-order valence-corrected chi connectivity index (χ2v) is 4.75. The molecule has 1 N–H and O–H groups in total. The fourth-order valence-corrected chi connectivity index (χ4v) is 2.04. The van der Waals surface area contributed by atoms with Crippen LogP contribution in [0.3, 0.4) is 0 Å². The summed E-state index contributed by atoms with van der Waals surface area (Å²) in [5, 5.41) is 7.40. The van der Waals surface area contributed by atoms with Crippen molar-refractivity contribution in [1.29, 1.82) is 0 Å². The molecule has 0 fully saturated rings. The molecule has 0 radical (unpaired) electrons. The Hall–Kier alpha value is -1.68. The zero-order valence-corrected chi connectivity index (χ0v) is 11.7. The molecule has 1 heterocycles. The first-order chi connectivity index (χ1) is 9.13. The smallest absolute Gasteiger partial charge is 0.128 e. The lowest BCUT2D eigenvalue weighted by Crippen LogP contribution is -2.14. The van der Waals surface area contributed by atoms with E-state index >= 15 is 0 Å². The Labute approximate surface area is 113 Å². The van der Waals surface area contributed by atoms with Crippen molar-refractivity contribution >= 4 is 0 Å². The Kier molecular flexibility index (Phi) is 4.32. The van der Waals surface area contributed by atoms with Crippen molar-refractivity contribution in [2.45, 2.75) is 26.8 Å². The lowest BCUT2D eigenvalue weighted by Gasteiger charge is -2.07. The molecule has 0 atom stereocenters. The summed E-state index contributed by atoms with van der Waals surface area (Å²) in [6.07, 6.45) is 2.83. The van der Waals surface area contributed by atoms with E-state index in [1.807, 2.05) is 26.1 Å². The van der Waals surface area contributed by atoms with E-state index in [1.165, 1.54) is 0 Å². The lowest BCUT2D eigenvalue weighted by atomic mass is 10.0. The predicted molar refractivity (Wildman–Crippen MR) is 75.3 cm³/mol. The molecule has 0 unspecified atom stereocenters. The standard InChI is InChI=1S/C15H20FN3/c1-4-7-17-9-13-6-5-12(8-15(13)16)14-10-18-19(3)11(14)2/h5-6,8,10,17H,4,7,9H2,1-3H3. The van der Waals surface area contributed by atoms with Crippen molar-refractivity contribution < 1.29 is 4.39 Å². The number of nitrogens with one attached hydrogen (secondary N) is 1. The summed E-state index contributed by atoms with van der Waals surface area (Å²) in [6.45, 7) is 5.56. The summed E-state index contributed by atoms with van der Waals surface area (Å²) in [4.78, 5) is 0. The van der Waals surface area contributed by atoms with Crippen LogP contribution in [-0.4, -0.2) is 16.3 Å². The largest absolute Gasteiger partial charge is 0.313 e. The highest BCUT2D eigenvalue weighted by atomic mass is 19.1.